The lowest BCUT2D eigenvalue weighted by Gasteiger charge is -2.32. The van der Waals surface area contributed by atoms with Gasteiger partial charge < -0.3 is 10.2 Å². The largest absolute Gasteiger partial charge is 0.350 e. The normalized spacial score (nSPS) is 13.7. The molecule has 1 atom stereocenters. The van der Waals surface area contributed by atoms with Gasteiger partial charge in [0.05, 0.1) is 4.90 Å². The van der Waals surface area contributed by atoms with Gasteiger partial charge in [-0.2, -0.15) is 0 Å². The second kappa shape index (κ2) is 13.7. The Morgan fingerprint density at radius 2 is 1.51 bits per heavy atom. The number of hydrogen-bond donors (Lipinski definition) is 2. The highest BCUT2D eigenvalue weighted by Gasteiger charge is 2.31. The van der Waals surface area contributed by atoms with Crippen molar-refractivity contribution in [2.75, 3.05) is 0 Å². The Bertz CT molecular complexity index is 1630. The number of rotatable bonds is 13. The second-order valence-electron chi connectivity index (χ2n) is 10.6. The first-order chi connectivity index (χ1) is 20.8. The third kappa shape index (κ3) is 8.33. The maximum Gasteiger partial charge on any atom is 0.247 e. The van der Waals surface area contributed by atoms with Crippen molar-refractivity contribution in [2.24, 2.45) is 0 Å². The molecule has 1 aromatic heterocycles. The molecule has 1 aliphatic rings. The zero-order valence-electron chi connectivity index (χ0n) is 23.5. The van der Waals surface area contributed by atoms with Gasteiger partial charge >= 0.3 is 0 Å². The molecule has 0 unspecified atom stereocenters. The Morgan fingerprint density at radius 1 is 0.860 bits per heavy atom. The van der Waals surface area contributed by atoms with Crippen LogP contribution < -0.4 is 10.0 Å². The van der Waals surface area contributed by atoms with Crippen molar-refractivity contribution < 1.29 is 22.4 Å². The monoisotopic (exact) mass is 600 g/mol. The van der Waals surface area contributed by atoms with E-state index >= 15 is 0 Å². The predicted octanol–water partition coefficient (Wildman–Crippen LogP) is 4.68. The highest BCUT2D eigenvalue weighted by Crippen LogP contribution is 2.26. The van der Waals surface area contributed by atoms with E-state index < -0.39 is 21.9 Å². The minimum Gasteiger partial charge on any atom is -0.350 e. The number of nitrogens with one attached hydrogen (secondary N) is 2. The first-order valence-corrected chi connectivity index (χ1v) is 15.6. The Morgan fingerprint density at radius 3 is 2.16 bits per heavy atom. The van der Waals surface area contributed by atoms with E-state index in [9.17, 15) is 22.4 Å². The van der Waals surface area contributed by atoms with Crippen LogP contribution in [0.1, 0.15) is 47.6 Å². The summed E-state index contributed by atoms with van der Waals surface area (Å²) in [5, 5.41) is 2.96. The van der Waals surface area contributed by atoms with Gasteiger partial charge in [-0.15, -0.1) is 0 Å². The lowest BCUT2D eigenvalue weighted by Crippen LogP contribution is -2.43. The summed E-state index contributed by atoms with van der Waals surface area (Å²) >= 11 is 0. The maximum atomic E-state index is 13.9. The number of carbonyl (C=O) groups excluding carboxylic acids is 2. The Labute approximate surface area is 251 Å². The van der Waals surface area contributed by atoms with E-state index in [-0.39, 0.29) is 42.3 Å². The van der Waals surface area contributed by atoms with Gasteiger partial charge in [-0.1, -0.05) is 54.6 Å². The summed E-state index contributed by atoms with van der Waals surface area (Å²) in [6.07, 6.45) is 5.40. The lowest BCUT2D eigenvalue weighted by atomic mass is 10.0. The molecule has 0 aliphatic heterocycles. The maximum absolute atomic E-state index is 13.9. The number of pyridine rings is 1. The van der Waals surface area contributed by atoms with Crippen LogP contribution in [-0.4, -0.2) is 36.2 Å². The number of nitrogens with zero attached hydrogens (tertiary/aromatic N) is 2. The van der Waals surface area contributed by atoms with E-state index in [1.807, 2.05) is 18.2 Å². The molecule has 43 heavy (non-hydrogen) atoms. The van der Waals surface area contributed by atoms with E-state index in [2.05, 4.69) is 15.0 Å². The van der Waals surface area contributed by atoms with Crippen LogP contribution in [-0.2, 0) is 39.1 Å². The molecule has 1 saturated carbocycles. The molecule has 0 bridgehead atoms. The zero-order valence-corrected chi connectivity index (χ0v) is 24.3. The van der Waals surface area contributed by atoms with Crippen molar-refractivity contribution in [1.82, 2.24) is 19.9 Å². The number of halogens is 1. The van der Waals surface area contributed by atoms with Gasteiger partial charge in [0.15, 0.2) is 0 Å². The van der Waals surface area contributed by atoms with Crippen LogP contribution in [0.25, 0.3) is 0 Å². The van der Waals surface area contributed by atoms with E-state index in [1.54, 1.807) is 73.1 Å². The average molecular weight is 601 g/mol. The first kappa shape index (κ1) is 30.1. The van der Waals surface area contributed by atoms with E-state index in [0.717, 1.165) is 24.0 Å². The van der Waals surface area contributed by atoms with Gasteiger partial charge in [-0.25, -0.2) is 17.5 Å². The van der Waals surface area contributed by atoms with Crippen LogP contribution in [0.2, 0.25) is 0 Å². The van der Waals surface area contributed by atoms with Crippen LogP contribution in [0, 0.1) is 5.82 Å². The average Bonchev–Trinajstić information content (AvgIpc) is 3.84. The number of aromatic nitrogens is 1. The van der Waals surface area contributed by atoms with Gasteiger partial charge in [0.2, 0.25) is 21.8 Å². The van der Waals surface area contributed by atoms with Crippen molar-refractivity contribution in [1.29, 1.82) is 0 Å². The van der Waals surface area contributed by atoms with Crippen molar-refractivity contribution in [3.8, 4) is 0 Å². The van der Waals surface area contributed by atoms with Gasteiger partial charge in [0.1, 0.15) is 11.9 Å². The van der Waals surface area contributed by atoms with Gasteiger partial charge in [0, 0.05) is 37.9 Å². The van der Waals surface area contributed by atoms with Crippen LogP contribution in [0.5, 0.6) is 0 Å². The van der Waals surface area contributed by atoms with Crippen molar-refractivity contribution in [2.45, 2.75) is 55.8 Å². The molecule has 2 N–H and O–H groups in total. The van der Waals surface area contributed by atoms with E-state index in [4.69, 9.17) is 0 Å². The van der Waals surface area contributed by atoms with Crippen LogP contribution in [0.4, 0.5) is 4.39 Å². The van der Waals surface area contributed by atoms with Crippen molar-refractivity contribution in [3.05, 3.63) is 131 Å². The molecule has 1 heterocycles. The minimum atomic E-state index is -3.57. The summed E-state index contributed by atoms with van der Waals surface area (Å²) in [5.74, 6) is -1.02. The molecule has 1 fully saturated rings. The van der Waals surface area contributed by atoms with Crippen LogP contribution in [0.15, 0.2) is 108 Å². The van der Waals surface area contributed by atoms with E-state index in [0.29, 0.717) is 17.5 Å². The molecular weight excluding hydrogens is 567 g/mol. The molecule has 1 aliphatic carbocycles. The summed E-state index contributed by atoms with van der Waals surface area (Å²) in [7, 11) is -3.57. The number of benzene rings is 3. The zero-order chi connectivity index (χ0) is 30.2. The van der Waals surface area contributed by atoms with Gasteiger partial charge in [-0.3, -0.25) is 14.6 Å². The Kier molecular flexibility index (Phi) is 9.58. The number of aryl methyl sites for hydroxylation is 1. The second-order valence-corrected chi connectivity index (χ2v) is 12.3. The minimum absolute atomic E-state index is 0.00819. The smallest absolute Gasteiger partial charge is 0.247 e. The number of amides is 2. The summed E-state index contributed by atoms with van der Waals surface area (Å²) in [6, 6.07) is 24.1. The van der Waals surface area contributed by atoms with Gasteiger partial charge in [-0.05, 0) is 77.9 Å². The first-order valence-electron chi connectivity index (χ1n) is 14.2. The van der Waals surface area contributed by atoms with E-state index in [1.165, 1.54) is 17.0 Å². The molecule has 8 nitrogen and oxygen atoms in total. The fourth-order valence-electron chi connectivity index (χ4n) is 4.72. The highest BCUT2D eigenvalue weighted by molar-refractivity contribution is 7.89. The number of hydrogen-bond acceptors (Lipinski definition) is 5. The van der Waals surface area contributed by atoms with Crippen LogP contribution in [0.3, 0.4) is 0 Å². The molecule has 0 radical (unpaired) electrons. The fourth-order valence-corrected chi connectivity index (χ4v) is 6.03. The van der Waals surface area contributed by atoms with Crippen molar-refractivity contribution in [3.63, 3.8) is 0 Å². The van der Waals surface area contributed by atoms with Crippen LogP contribution >= 0.6 is 0 Å². The third-order valence-electron chi connectivity index (χ3n) is 7.24. The molecule has 4 aromatic rings. The molecule has 3 aromatic carbocycles. The number of carbonyl (C=O) groups is 2. The predicted molar refractivity (Wildman–Crippen MR) is 160 cm³/mol. The topological polar surface area (TPSA) is 108 Å². The fraction of sp³-hybridized carbons (Fsp3) is 0.242. The quantitative estimate of drug-likeness (QED) is 0.232. The standard InChI is InChI=1S/C33H33FN4O4S/c34-28-11-6-26(7-12-28)23-38(31(39)17-10-24-8-15-30(16-9-24)43(41,42)37-29-13-14-29)32(27-4-2-1-3-5-27)33(40)36-22-25-18-20-35-21-19-25/h1-9,11-12,15-16,18-21,29,32,37H,10,13-14,17,22-23H2,(H,36,40)/t32-/m1/s1. The molecular formula is C33H33FN4O4S. The molecule has 2 amide bonds. The third-order valence-corrected chi connectivity index (χ3v) is 8.77. The number of sulfonamides is 1. The SMILES string of the molecule is O=C(NCc1ccncc1)[C@@H](c1ccccc1)N(Cc1ccc(F)cc1)C(=O)CCc1ccc(S(=O)(=O)NC2CC2)cc1. The molecule has 10 heteroatoms. The van der Waals surface area contributed by atoms with Gasteiger partial charge in [0.25, 0.3) is 0 Å². The summed E-state index contributed by atoms with van der Waals surface area (Å²) < 4.78 is 41.4. The lowest BCUT2D eigenvalue weighted by molar-refractivity contribution is -0.141. The molecule has 5 rings (SSSR count). The Hall–Kier alpha value is -4.41. The highest BCUT2D eigenvalue weighted by atomic mass is 32.2. The summed E-state index contributed by atoms with van der Waals surface area (Å²) in [6.45, 7) is 0.347. The molecule has 0 spiro atoms. The molecule has 222 valence electrons. The Balaban J connectivity index is 1.37. The van der Waals surface area contributed by atoms with Crippen molar-refractivity contribution >= 4 is 21.8 Å². The summed E-state index contributed by atoms with van der Waals surface area (Å²) in [4.78, 5) is 33.4. The molecule has 0 saturated heterocycles. The summed E-state index contributed by atoms with van der Waals surface area (Å²) in [5.41, 5.74) is 2.97.